The lowest BCUT2D eigenvalue weighted by atomic mass is 10.3. The predicted molar refractivity (Wildman–Crippen MR) is 86.0 cm³/mol. The van der Waals surface area contributed by atoms with Crippen LogP contribution in [-0.4, -0.2) is 78.6 Å². The van der Waals surface area contributed by atoms with Crippen LogP contribution in [0.15, 0.2) is 11.3 Å². The number of rotatable bonds is 6. The van der Waals surface area contributed by atoms with Crippen LogP contribution in [0.1, 0.15) is 12.7 Å². The highest BCUT2D eigenvalue weighted by atomic mass is 16.5. The van der Waals surface area contributed by atoms with Gasteiger partial charge in [0.2, 0.25) is 0 Å². The fraction of sp³-hybridized carbons (Fsp3) is 0.786. The second kappa shape index (κ2) is 8.70. The van der Waals surface area contributed by atoms with E-state index in [4.69, 9.17) is 4.74 Å². The molecule has 8 nitrogen and oxygen atoms in total. The van der Waals surface area contributed by atoms with Gasteiger partial charge in [0.05, 0.1) is 12.7 Å². The highest BCUT2D eigenvalue weighted by molar-refractivity contribution is 5.79. The Bertz CT molecular complexity index is 474. The molecular weight excluding hydrogens is 282 g/mol. The maximum atomic E-state index is 5.73. The maximum absolute atomic E-state index is 5.73. The summed E-state index contributed by atoms with van der Waals surface area (Å²) in [5, 5.41) is 14.6. The number of nitrogens with zero attached hydrogens (tertiary/aromatic N) is 5. The summed E-state index contributed by atoms with van der Waals surface area (Å²) in [5.74, 6) is 1.80. The van der Waals surface area contributed by atoms with Crippen molar-refractivity contribution in [2.24, 2.45) is 4.99 Å². The maximum Gasteiger partial charge on any atom is 0.191 e. The Hall–Kier alpha value is -1.67. The molecule has 0 bridgehead atoms. The van der Waals surface area contributed by atoms with Gasteiger partial charge in [-0.1, -0.05) is 6.92 Å². The number of guanidine groups is 1. The lowest BCUT2D eigenvalue weighted by molar-refractivity contribution is -0.0161. The van der Waals surface area contributed by atoms with E-state index in [1.807, 2.05) is 0 Å². The van der Waals surface area contributed by atoms with Crippen LogP contribution in [0.25, 0.3) is 0 Å². The van der Waals surface area contributed by atoms with Crippen LogP contribution in [0, 0.1) is 0 Å². The molecule has 1 aliphatic rings. The highest BCUT2D eigenvalue weighted by Crippen LogP contribution is 2.01. The number of aliphatic imine (C=N–C) groups is 1. The summed E-state index contributed by atoms with van der Waals surface area (Å²) in [7, 11) is 3.90. The summed E-state index contributed by atoms with van der Waals surface area (Å²) >= 11 is 0. The van der Waals surface area contributed by atoms with Gasteiger partial charge in [-0.25, -0.2) is 0 Å². The number of aryl methyl sites for hydroxylation is 1. The first-order valence-corrected chi connectivity index (χ1v) is 7.84. The molecule has 2 rings (SSSR count). The van der Waals surface area contributed by atoms with Crippen molar-refractivity contribution < 1.29 is 4.74 Å². The number of morpholine rings is 1. The van der Waals surface area contributed by atoms with Crippen LogP contribution in [-0.2, 0) is 17.7 Å². The quantitative estimate of drug-likeness (QED) is 0.536. The van der Waals surface area contributed by atoms with E-state index in [-0.39, 0.29) is 6.10 Å². The van der Waals surface area contributed by atoms with Crippen molar-refractivity contribution in [3.8, 4) is 0 Å². The first-order chi connectivity index (χ1) is 10.7. The zero-order valence-corrected chi connectivity index (χ0v) is 13.7. The van der Waals surface area contributed by atoms with E-state index in [2.05, 4.69) is 49.3 Å². The Kier molecular flexibility index (Phi) is 6.60. The first kappa shape index (κ1) is 16.7. The average molecular weight is 309 g/mol. The van der Waals surface area contributed by atoms with E-state index in [1.54, 1.807) is 13.4 Å². The van der Waals surface area contributed by atoms with Crippen LogP contribution >= 0.6 is 0 Å². The molecule has 2 N–H and O–H groups in total. The molecule has 1 aliphatic heterocycles. The van der Waals surface area contributed by atoms with Crippen LogP contribution in [0.2, 0.25) is 0 Å². The molecule has 8 heteroatoms. The monoisotopic (exact) mass is 309 g/mol. The van der Waals surface area contributed by atoms with Crippen molar-refractivity contribution in [2.45, 2.75) is 26.0 Å². The Labute approximate surface area is 132 Å². The zero-order chi connectivity index (χ0) is 15.8. The van der Waals surface area contributed by atoms with Gasteiger partial charge in [0, 0.05) is 46.2 Å². The molecule has 22 heavy (non-hydrogen) atoms. The SMILES string of the molecule is CCc1nncn1CCNC(=NC)NCC1CN(C)CCO1. The molecule has 1 aromatic heterocycles. The topological polar surface area (TPSA) is 79.6 Å². The third-order valence-electron chi connectivity index (χ3n) is 3.72. The van der Waals surface area contributed by atoms with Gasteiger partial charge in [-0.2, -0.15) is 0 Å². The van der Waals surface area contributed by atoms with Gasteiger partial charge in [-0.05, 0) is 7.05 Å². The minimum absolute atomic E-state index is 0.210. The molecule has 0 aromatic carbocycles. The molecule has 124 valence electrons. The minimum Gasteiger partial charge on any atom is -0.374 e. The largest absolute Gasteiger partial charge is 0.374 e. The summed E-state index contributed by atoms with van der Waals surface area (Å²) < 4.78 is 7.78. The van der Waals surface area contributed by atoms with Gasteiger partial charge in [0.15, 0.2) is 5.96 Å². The summed E-state index contributed by atoms with van der Waals surface area (Å²) in [6.07, 6.45) is 2.86. The molecule has 0 radical (unpaired) electrons. The molecule has 0 spiro atoms. The number of nitrogens with one attached hydrogen (secondary N) is 2. The zero-order valence-electron chi connectivity index (χ0n) is 13.7. The number of aromatic nitrogens is 3. The van der Waals surface area contributed by atoms with Gasteiger partial charge >= 0.3 is 0 Å². The van der Waals surface area contributed by atoms with Gasteiger partial charge in [0.25, 0.3) is 0 Å². The van der Waals surface area contributed by atoms with Gasteiger partial charge in [-0.3, -0.25) is 4.99 Å². The third kappa shape index (κ3) is 4.96. The summed E-state index contributed by atoms with van der Waals surface area (Å²) in [6, 6.07) is 0. The van der Waals surface area contributed by atoms with Gasteiger partial charge in [0.1, 0.15) is 12.2 Å². The van der Waals surface area contributed by atoms with Crippen molar-refractivity contribution in [3.63, 3.8) is 0 Å². The summed E-state index contributed by atoms with van der Waals surface area (Å²) in [6.45, 7) is 7.18. The molecule has 2 heterocycles. The van der Waals surface area contributed by atoms with Crippen molar-refractivity contribution in [3.05, 3.63) is 12.2 Å². The van der Waals surface area contributed by atoms with Gasteiger partial charge < -0.3 is 24.8 Å². The Balaban J connectivity index is 1.69. The Morgan fingerprint density at radius 1 is 1.50 bits per heavy atom. The molecule has 0 amide bonds. The second-order valence-electron chi connectivity index (χ2n) is 5.43. The van der Waals surface area contributed by atoms with E-state index < -0.39 is 0 Å². The normalized spacial score (nSPS) is 20.1. The van der Waals surface area contributed by atoms with Crippen LogP contribution in [0.4, 0.5) is 0 Å². The molecule has 1 fully saturated rings. The van der Waals surface area contributed by atoms with E-state index >= 15 is 0 Å². The fourth-order valence-electron chi connectivity index (χ4n) is 2.46. The molecule has 1 unspecified atom stereocenters. The molecule has 1 aromatic rings. The van der Waals surface area contributed by atoms with Crippen molar-refractivity contribution >= 4 is 5.96 Å². The second-order valence-corrected chi connectivity index (χ2v) is 5.43. The first-order valence-electron chi connectivity index (χ1n) is 7.84. The number of hydrogen-bond donors (Lipinski definition) is 2. The molecule has 0 saturated carbocycles. The lowest BCUT2D eigenvalue weighted by Gasteiger charge is -2.30. The molecule has 1 saturated heterocycles. The van der Waals surface area contributed by atoms with E-state index in [9.17, 15) is 0 Å². The Morgan fingerprint density at radius 3 is 3.09 bits per heavy atom. The summed E-state index contributed by atoms with van der Waals surface area (Å²) in [4.78, 5) is 6.52. The van der Waals surface area contributed by atoms with Gasteiger partial charge in [-0.15, -0.1) is 10.2 Å². The van der Waals surface area contributed by atoms with E-state index in [1.165, 1.54) is 0 Å². The fourth-order valence-corrected chi connectivity index (χ4v) is 2.46. The smallest absolute Gasteiger partial charge is 0.191 e. The van der Waals surface area contributed by atoms with Crippen molar-refractivity contribution in [2.75, 3.05) is 46.9 Å². The van der Waals surface area contributed by atoms with Crippen LogP contribution in [0.3, 0.4) is 0 Å². The standard InChI is InChI=1S/C14H27N7O/c1-4-13-19-18-11-21(13)6-5-16-14(15-2)17-9-12-10-20(3)7-8-22-12/h11-12H,4-10H2,1-3H3,(H2,15,16,17). The third-order valence-corrected chi connectivity index (χ3v) is 3.72. The average Bonchev–Trinajstić information content (AvgIpc) is 2.98. The Morgan fingerprint density at radius 2 is 2.36 bits per heavy atom. The minimum atomic E-state index is 0.210. The van der Waals surface area contributed by atoms with Crippen molar-refractivity contribution in [1.29, 1.82) is 0 Å². The predicted octanol–water partition coefficient (Wildman–Crippen LogP) is -0.664. The molecule has 1 atom stereocenters. The number of ether oxygens (including phenoxy) is 1. The number of likely N-dealkylation sites (N-methyl/N-ethyl adjacent to an activating group) is 1. The lowest BCUT2D eigenvalue weighted by Crippen LogP contribution is -2.48. The summed E-state index contributed by atoms with van der Waals surface area (Å²) in [5.41, 5.74) is 0. The van der Waals surface area contributed by atoms with Crippen LogP contribution < -0.4 is 10.6 Å². The molecule has 0 aliphatic carbocycles. The van der Waals surface area contributed by atoms with Crippen LogP contribution in [0.5, 0.6) is 0 Å². The number of hydrogen-bond acceptors (Lipinski definition) is 5. The molecular formula is C14H27N7O. The van der Waals surface area contributed by atoms with Crippen molar-refractivity contribution in [1.82, 2.24) is 30.3 Å². The van der Waals surface area contributed by atoms with E-state index in [0.29, 0.717) is 0 Å². The highest BCUT2D eigenvalue weighted by Gasteiger charge is 2.17. The van der Waals surface area contributed by atoms with E-state index in [0.717, 1.165) is 57.5 Å².